The summed E-state index contributed by atoms with van der Waals surface area (Å²) in [6.45, 7) is 1.36. The van der Waals surface area contributed by atoms with Crippen LogP contribution in [-0.4, -0.2) is 27.1 Å². The molecular weight excluding hydrogens is 266 g/mol. The number of non-ortho nitro benzene ring substituents is 1. The maximum Gasteiger partial charge on any atom is 0.335 e. The summed E-state index contributed by atoms with van der Waals surface area (Å²) < 4.78 is 0. The molecule has 0 spiro atoms. The van der Waals surface area contributed by atoms with Crippen molar-refractivity contribution in [3.05, 3.63) is 57.2 Å². The van der Waals surface area contributed by atoms with Gasteiger partial charge in [0.2, 0.25) is 0 Å². The second kappa shape index (κ2) is 6.28. The zero-order valence-corrected chi connectivity index (χ0v) is 10.4. The Labute approximate surface area is 113 Å². The van der Waals surface area contributed by atoms with Crippen molar-refractivity contribution in [2.75, 3.05) is 0 Å². The van der Waals surface area contributed by atoms with Crippen molar-refractivity contribution in [3.8, 4) is 0 Å². The average molecular weight is 277 g/mol. The molecule has 0 heterocycles. The van der Waals surface area contributed by atoms with Crippen LogP contribution in [-0.2, 0) is 9.59 Å². The van der Waals surface area contributed by atoms with Crippen LogP contribution in [0.2, 0.25) is 0 Å². The van der Waals surface area contributed by atoms with Gasteiger partial charge in [0.15, 0.2) is 0 Å². The lowest BCUT2D eigenvalue weighted by molar-refractivity contribution is -0.384. The van der Waals surface area contributed by atoms with Crippen LogP contribution in [0.1, 0.15) is 12.5 Å². The number of hydrogen-bond acceptors (Lipinski definition) is 4. The highest BCUT2D eigenvalue weighted by atomic mass is 16.6. The molecule has 0 radical (unpaired) electrons. The maximum absolute atomic E-state index is 11.1. The molecule has 104 valence electrons. The monoisotopic (exact) mass is 277 g/mol. The quantitative estimate of drug-likeness (QED) is 0.368. The molecule has 0 bridgehead atoms. The Kier molecular flexibility index (Phi) is 4.74. The van der Waals surface area contributed by atoms with Gasteiger partial charge < -0.3 is 10.2 Å². The van der Waals surface area contributed by atoms with Gasteiger partial charge in [-0.15, -0.1) is 0 Å². The normalized spacial score (nSPS) is 12.1. The van der Waals surface area contributed by atoms with Gasteiger partial charge in [0.05, 0.1) is 10.5 Å². The number of carboxylic acids is 2. The fourth-order valence-electron chi connectivity index (χ4n) is 1.47. The molecule has 0 unspecified atom stereocenters. The number of rotatable bonds is 5. The smallest absolute Gasteiger partial charge is 0.335 e. The third kappa shape index (κ3) is 4.05. The third-order valence-corrected chi connectivity index (χ3v) is 2.41. The van der Waals surface area contributed by atoms with Gasteiger partial charge in [0.25, 0.3) is 5.69 Å². The molecule has 1 aromatic rings. The van der Waals surface area contributed by atoms with Gasteiger partial charge in [0, 0.05) is 18.2 Å². The molecule has 7 heteroatoms. The molecular formula is C13H11NO6. The largest absolute Gasteiger partial charge is 0.478 e. The van der Waals surface area contributed by atoms with Crippen LogP contribution >= 0.6 is 0 Å². The molecule has 20 heavy (non-hydrogen) atoms. The van der Waals surface area contributed by atoms with Gasteiger partial charge in [-0.1, -0.05) is 0 Å². The first kappa shape index (κ1) is 15.1. The van der Waals surface area contributed by atoms with Crippen LogP contribution in [0.4, 0.5) is 5.69 Å². The number of aliphatic carboxylic acids is 2. The van der Waals surface area contributed by atoms with E-state index in [1.807, 2.05) is 0 Å². The van der Waals surface area contributed by atoms with Gasteiger partial charge in [-0.05, 0) is 36.3 Å². The lowest BCUT2D eigenvalue weighted by Gasteiger charge is -2.02. The molecule has 0 fully saturated rings. The Balaban J connectivity index is 3.18. The average Bonchev–Trinajstić information content (AvgIpc) is 2.35. The van der Waals surface area contributed by atoms with Gasteiger partial charge >= 0.3 is 11.9 Å². The highest BCUT2D eigenvalue weighted by Crippen LogP contribution is 2.18. The zero-order valence-electron chi connectivity index (χ0n) is 10.4. The molecule has 0 amide bonds. The topological polar surface area (TPSA) is 118 Å². The van der Waals surface area contributed by atoms with E-state index in [0.717, 1.165) is 6.08 Å². The van der Waals surface area contributed by atoms with E-state index < -0.39 is 16.9 Å². The molecule has 0 atom stereocenters. The summed E-state index contributed by atoms with van der Waals surface area (Å²) in [6.07, 6.45) is 2.03. The fourth-order valence-corrected chi connectivity index (χ4v) is 1.47. The second-order valence-electron chi connectivity index (χ2n) is 3.88. The Bertz CT molecular complexity index is 612. The lowest BCUT2D eigenvalue weighted by Crippen LogP contribution is -2.03. The summed E-state index contributed by atoms with van der Waals surface area (Å²) in [5.74, 6) is -2.53. The molecule has 0 saturated carbocycles. The van der Waals surface area contributed by atoms with E-state index >= 15 is 0 Å². The van der Waals surface area contributed by atoms with Crippen LogP contribution in [0.3, 0.4) is 0 Å². The molecule has 0 saturated heterocycles. The minimum absolute atomic E-state index is 0.0725. The molecule has 0 aliphatic rings. The molecule has 0 aromatic heterocycles. The number of carbonyl (C=O) groups is 2. The van der Waals surface area contributed by atoms with E-state index in [2.05, 4.69) is 0 Å². The second-order valence-corrected chi connectivity index (χ2v) is 3.88. The number of hydrogen-bond donors (Lipinski definition) is 2. The third-order valence-electron chi connectivity index (χ3n) is 2.41. The van der Waals surface area contributed by atoms with Crippen molar-refractivity contribution in [3.63, 3.8) is 0 Å². The number of nitro benzene ring substituents is 1. The van der Waals surface area contributed by atoms with E-state index in [9.17, 15) is 19.7 Å². The summed E-state index contributed by atoms with van der Waals surface area (Å²) in [5, 5.41) is 28.2. The number of nitro groups is 1. The minimum Gasteiger partial charge on any atom is -0.478 e. The van der Waals surface area contributed by atoms with Gasteiger partial charge in [-0.2, -0.15) is 0 Å². The lowest BCUT2D eigenvalue weighted by atomic mass is 10.0. The van der Waals surface area contributed by atoms with E-state index in [1.165, 1.54) is 37.3 Å². The van der Waals surface area contributed by atoms with Crippen LogP contribution in [0.25, 0.3) is 6.08 Å². The standard InChI is InChI=1S/C13H11NO6/c1-8(6-12(15)16)11(13(17)18)7-9-2-4-10(5-3-9)14(19)20/h2-7H,1H3,(H,15,16)(H,17,18)/b8-6+,11-7+. The minimum atomic E-state index is -1.28. The van der Waals surface area contributed by atoms with Gasteiger partial charge in [0.1, 0.15) is 0 Å². The van der Waals surface area contributed by atoms with Gasteiger partial charge in [-0.25, -0.2) is 9.59 Å². The Morgan fingerprint density at radius 2 is 1.75 bits per heavy atom. The summed E-state index contributed by atoms with van der Waals surface area (Å²) >= 11 is 0. The molecule has 7 nitrogen and oxygen atoms in total. The summed E-state index contributed by atoms with van der Waals surface area (Å²) in [4.78, 5) is 31.6. The number of benzene rings is 1. The summed E-state index contributed by atoms with van der Waals surface area (Å²) in [7, 11) is 0. The fraction of sp³-hybridized carbons (Fsp3) is 0.0769. The van der Waals surface area contributed by atoms with Crippen LogP contribution in [0, 0.1) is 10.1 Å². The molecule has 1 aromatic carbocycles. The Hall–Kier alpha value is -2.96. The molecule has 0 aliphatic heterocycles. The van der Waals surface area contributed by atoms with Crippen LogP contribution in [0.15, 0.2) is 41.5 Å². The van der Waals surface area contributed by atoms with E-state index in [1.54, 1.807) is 0 Å². The summed E-state index contributed by atoms with van der Waals surface area (Å²) in [5.41, 5.74) is 0.188. The highest BCUT2D eigenvalue weighted by molar-refractivity contribution is 5.99. The molecule has 0 aliphatic carbocycles. The number of carboxylic acid groups (broad SMARTS) is 2. The van der Waals surface area contributed by atoms with Crippen LogP contribution < -0.4 is 0 Å². The van der Waals surface area contributed by atoms with Crippen molar-refractivity contribution < 1.29 is 24.7 Å². The summed E-state index contributed by atoms with van der Waals surface area (Å²) in [6, 6.07) is 5.24. The first-order valence-corrected chi connectivity index (χ1v) is 5.42. The zero-order chi connectivity index (χ0) is 15.3. The van der Waals surface area contributed by atoms with Gasteiger partial charge in [-0.3, -0.25) is 10.1 Å². The Morgan fingerprint density at radius 1 is 1.20 bits per heavy atom. The predicted octanol–water partition coefficient (Wildman–Crippen LogP) is 2.09. The van der Waals surface area contributed by atoms with Crippen molar-refractivity contribution in [1.82, 2.24) is 0 Å². The van der Waals surface area contributed by atoms with E-state index in [-0.39, 0.29) is 16.8 Å². The first-order valence-electron chi connectivity index (χ1n) is 5.42. The SMILES string of the molecule is CC(=C\C(=O)O)/C(=C\c1ccc([N+](=O)[O-])cc1)C(=O)O. The van der Waals surface area contributed by atoms with Crippen molar-refractivity contribution in [2.24, 2.45) is 0 Å². The molecule has 2 N–H and O–H groups in total. The molecule has 1 rings (SSSR count). The van der Waals surface area contributed by atoms with Crippen molar-refractivity contribution in [1.29, 1.82) is 0 Å². The highest BCUT2D eigenvalue weighted by Gasteiger charge is 2.11. The first-order chi connectivity index (χ1) is 9.31. The predicted molar refractivity (Wildman–Crippen MR) is 70.1 cm³/mol. The van der Waals surface area contributed by atoms with E-state index in [0.29, 0.717) is 5.56 Å². The van der Waals surface area contributed by atoms with Crippen LogP contribution in [0.5, 0.6) is 0 Å². The van der Waals surface area contributed by atoms with E-state index in [4.69, 9.17) is 10.2 Å². The number of nitrogens with zero attached hydrogens (tertiary/aromatic N) is 1. The maximum atomic E-state index is 11.1. The van der Waals surface area contributed by atoms with Crippen molar-refractivity contribution >= 4 is 23.7 Å². The Morgan fingerprint density at radius 3 is 2.15 bits per heavy atom. The van der Waals surface area contributed by atoms with Crippen molar-refractivity contribution in [2.45, 2.75) is 6.92 Å².